The number of aryl methyl sites for hydroxylation is 1. The molecule has 1 N–H and O–H groups in total. The van der Waals surface area contributed by atoms with E-state index in [1.54, 1.807) is 0 Å². The van der Waals surface area contributed by atoms with Crippen LogP contribution in [0.3, 0.4) is 0 Å². The van der Waals surface area contributed by atoms with Gasteiger partial charge in [-0.25, -0.2) is 4.79 Å². The highest BCUT2D eigenvalue weighted by Gasteiger charge is 2.46. The summed E-state index contributed by atoms with van der Waals surface area (Å²) in [5, 5.41) is 15.2. The molecule has 1 atom stereocenters. The highest BCUT2D eigenvalue weighted by atomic mass is 16.5. The van der Waals surface area contributed by atoms with Gasteiger partial charge in [0.05, 0.1) is 11.2 Å². The van der Waals surface area contributed by atoms with Gasteiger partial charge < -0.3 is 14.7 Å². The van der Waals surface area contributed by atoms with Crippen molar-refractivity contribution in [3.05, 3.63) is 78.1 Å². The molecule has 0 bridgehead atoms. The fraction of sp³-hybridized carbons (Fsp3) is 0.269. The van der Waals surface area contributed by atoms with Gasteiger partial charge in [0, 0.05) is 47.9 Å². The lowest BCUT2D eigenvalue weighted by Gasteiger charge is -2.21. The van der Waals surface area contributed by atoms with Crippen LogP contribution >= 0.6 is 0 Å². The van der Waals surface area contributed by atoms with Gasteiger partial charge in [0.2, 0.25) is 0 Å². The van der Waals surface area contributed by atoms with E-state index in [1.807, 2.05) is 59.4 Å². The first kappa shape index (κ1) is 19.8. The lowest BCUT2D eigenvalue weighted by atomic mass is 9.82. The van der Waals surface area contributed by atoms with Crippen LogP contribution < -0.4 is 4.74 Å². The Labute approximate surface area is 191 Å². The number of hydrogen-bond donors (Lipinski definition) is 1. The van der Waals surface area contributed by atoms with Crippen LogP contribution in [0.25, 0.3) is 22.2 Å². The minimum Gasteiger partial charge on any atom is -0.489 e. The molecule has 2 aliphatic heterocycles. The van der Waals surface area contributed by atoms with Crippen LogP contribution in [0.15, 0.2) is 66.9 Å². The SMILES string of the molecule is O=C(O)N1CCC2(CCn3nc(-c4cnc5ccc(OCc6ccccc6)cc5c4)cc32)C1. The van der Waals surface area contributed by atoms with E-state index in [0.717, 1.165) is 58.6 Å². The van der Waals surface area contributed by atoms with E-state index in [4.69, 9.17) is 9.84 Å². The Bertz CT molecular complexity index is 1350. The average molecular weight is 441 g/mol. The quantitative estimate of drug-likeness (QED) is 0.497. The van der Waals surface area contributed by atoms with Crippen molar-refractivity contribution in [2.24, 2.45) is 0 Å². The third-order valence-corrected chi connectivity index (χ3v) is 6.95. The molecule has 6 rings (SSSR count). The van der Waals surface area contributed by atoms with Crippen LogP contribution in [0.4, 0.5) is 4.79 Å². The summed E-state index contributed by atoms with van der Waals surface area (Å²) < 4.78 is 8.03. The molecule has 33 heavy (non-hydrogen) atoms. The van der Waals surface area contributed by atoms with Crippen molar-refractivity contribution < 1.29 is 14.6 Å². The van der Waals surface area contributed by atoms with E-state index in [2.05, 4.69) is 17.1 Å². The molecule has 0 saturated carbocycles. The summed E-state index contributed by atoms with van der Waals surface area (Å²) in [4.78, 5) is 17.6. The number of likely N-dealkylation sites (tertiary alicyclic amines) is 1. The van der Waals surface area contributed by atoms with Gasteiger partial charge in [0.25, 0.3) is 0 Å². The molecule has 2 aromatic carbocycles. The van der Waals surface area contributed by atoms with Crippen LogP contribution in [0.5, 0.6) is 5.75 Å². The van der Waals surface area contributed by atoms with E-state index in [9.17, 15) is 9.90 Å². The summed E-state index contributed by atoms with van der Waals surface area (Å²) in [6, 6.07) is 20.3. The Morgan fingerprint density at radius 3 is 2.73 bits per heavy atom. The molecule has 1 unspecified atom stereocenters. The van der Waals surface area contributed by atoms with Crippen LogP contribution in [0.2, 0.25) is 0 Å². The number of benzene rings is 2. The van der Waals surface area contributed by atoms with Crippen LogP contribution in [-0.2, 0) is 18.6 Å². The fourth-order valence-corrected chi connectivity index (χ4v) is 5.13. The Balaban J connectivity index is 1.27. The maximum atomic E-state index is 11.4. The monoisotopic (exact) mass is 440 g/mol. The zero-order valence-corrected chi connectivity index (χ0v) is 18.1. The van der Waals surface area contributed by atoms with E-state index >= 15 is 0 Å². The first-order chi connectivity index (χ1) is 16.1. The number of aromatic nitrogens is 3. The second-order valence-electron chi connectivity index (χ2n) is 8.98. The van der Waals surface area contributed by atoms with Gasteiger partial charge in [-0.1, -0.05) is 30.3 Å². The lowest BCUT2D eigenvalue weighted by Crippen LogP contribution is -2.32. The van der Waals surface area contributed by atoms with E-state index in [0.29, 0.717) is 19.7 Å². The molecule has 1 fully saturated rings. The van der Waals surface area contributed by atoms with E-state index in [-0.39, 0.29) is 5.41 Å². The molecule has 1 amide bonds. The number of rotatable bonds is 4. The number of carbonyl (C=O) groups is 1. The Morgan fingerprint density at radius 1 is 1.06 bits per heavy atom. The molecule has 4 heterocycles. The first-order valence-corrected chi connectivity index (χ1v) is 11.2. The van der Waals surface area contributed by atoms with Gasteiger partial charge in [0.1, 0.15) is 12.4 Å². The minimum absolute atomic E-state index is 0.119. The zero-order valence-electron chi connectivity index (χ0n) is 18.1. The summed E-state index contributed by atoms with van der Waals surface area (Å²) in [6.45, 7) is 2.47. The van der Waals surface area contributed by atoms with Crippen LogP contribution in [-0.4, -0.2) is 44.0 Å². The third kappa shape index (κ3) is 3.50. The largest absolute Gasteiger partial charge is 0.489 e. The maximum Gasteiger partial charge on any atom is 0.407 e. The smallest absolute Gasteiger partial charge is 0.407 e. The topological polar surface area (TPSA) is 80.5 Å². The summed E-state index contributed by atoms with van der Waals surface area (Å²) in [6.07, 6.45) is 2.81. The zero-order chi connectivity index (χ0) is 22.4. The van der Waals surface area contributed by atoms with Gasteiger partial charge in [-0.05, 0) is 48.7 Å². The lowest BCUT2D eigenvalue weighted by molar-refractivity contribution is 0.153. The molecule has 2 aliphatic rings. The fourth-order valence-electron chi connectivity index (χ4n) is 5.13. The molecular formula is C26H24N4O3. The number of carboxylic acid groups (broad SMARTS) is 1. The number of fused-ring (bicyclic) bond motifs is 3. The molecular weight excluding hydrogens is 416 g/mol. The normalized spacial score (nSPS) is 19.3. The van der Waals surface area contributed by atoms with Gasteiger partial charge in [-0.2, -0.15) is 5.10 Å². The van der Waals surface area contributed by atoms with Crippen molar-refractivity contribution in [2.45, 2.75) is 31.4 Å². The van der Waals surface area contributed by atoms with Crippen molar-refractivity contribution in [3.8, 4) is 17.0 Å². The summed E-state index contributed by atoms with van der Waals surface area (Å²) in [5.41, 5.74) is 4.88. The molecule has 0 aliphatic carbocycles. The molecule has 4 aromatic rings. The highest BCUT2D eigenvalue weighted by Crippen LogP contribution is 2.43. The van der Waals surface area contributed by atoms with E-state index < -0.39 is 6.09 Å². The van der Waals surface area contributed by atoms with E-state index in [1.165, 1.54) is 4.90 Å². The number of ether oxygens (including phenoxy) is 1. The molecule has 166 valence electrons. The summed E-state index contributed by atoms with van der Waals surface area (Å²) >= 11 is 0. The van der Waals surface area contributed by atoms with Gasteiger partial charge in [-0.15, -0.1) is 0 Å². The van der Waals surface area contributed by atoms with Crippen LogP contribution in [0, 0.1) is 0 Å². The molecule has 2 aromatic heterocycles. The van der Waals surface area contributed by atoms with Gasteiger partial charge in [0.15, 0.2) is 0 Å². The van der Waals surface area contributed by atoms with Gasteiger partial charge >= 0.3 is 6.09 Å². The molecule has 1 spiro atoms. The van der Waals surface area contributed by atoms with Crippen molar-refractivity contribution in [2.75, 3.05) is 13.1 Å². The van der Waals surface area contributed by atoms with Crippen molar-refractivity contribution in [3.63, 3.8) is 0 Å². The standard InChI is InChI=1S/C26H24N4O3/c31-25(32)29-10-8-26(17-29)9-11-30-24(26)14-23(28-30)20-12-19-13-21(6-7-22(19)27-15-20)33-16-18-4-2-1-3-5-18/h1-7,12-15H,8-11,16-17H2,(H,31,32). The Hall–Kier alpha value is -3.87. The maximum absolute atomic E-state index is 11.4. The predicted molar refractivity (Wildman–Crippen MR) is 124 cm³/mol. The number of amides is 1. The average Bonchev–Trinajstić information content (AvgIpc) is 3.55. The molecule has 0 radical (unpaired) electrons. The first-order valence-electron chi connectivity index (χ1n) is 11.2. The highest BCUT2D eigenvalue weighted by molar-refractivity contribution is 5.84. The summed E-state index contributed by atoms with van der Waals surface area (Å²) in [5.74, 6) is 0.802. The molecule has 7 heteroatoms. The second kappa shape index (κ2) is 7.62. The summed E-state index contributed by atoms with van der Waals surface area (Å²) in [7, 11) is 0. The van der Waals surface area contributed by atoms with Crippen LogP contribution in [0.1, 0.15) is 24.1 Å². The van der Waals surface area contributed by atoms with Gasteiger partial charge in [-0.3, -0.25) is 9.67 Å². The number of pyridine rings is 1. The van der Waals surface area contributed by atoms with Crippen molar-refractivity contribution in [1.29, 1.82) is 0 Å². The molecule has 1 saturated heterocycles. The van der Waals surface area contributed by atoms with Crippen molar-refractivity contribution in [1.82, 2.24) is 19.7 Å². The Kier molecular flexibility index (Phi) is 4.57. The number of hydrogen-bond acceptors (Lipinski definition) is 4. The minimum atomic E-state index is -0.839. The second-order valence-corrected chi connectivity index (χ2v) is 8.98. The third-order valence-electron chi connectivity index (χ3n) is 6.95. The Morgan fingerprint density at radius 2 is 1.91 bits per heavy atom. The number of nitrogens with zero attached hydrogens (tertiary/aromatic N) is 4. The predicted octanol–water partition coefficient (Wildman–Crippen LogP) is 4.70. The van der Waals surface area contributed by atoms with Crippen molar-refractivity contribution >= 4 is 17.0 Å². The molecule has 7 nitrogen and oxygen atoms in total.